The minimum Gasteiger partial charge on any atom is -0.362 e. The molecule has 1 fully saturated rings. The second-order valence-corrected chi connectivity index (χ2v) is 2.25. The first-order valence-electron chi connectivity index (χ1n) is 3.49. The quantitative estimate of drug-likeness (QED) is 0.474. The molecule has 1 rings (SSSR count). The molecule has 2 nitrogen and oxygen atoms in total. The van der Waals surface area contributed by atoms with Crippen LogP contribution in [0.3, 0.4) is 0 Å². The van der Waals surface area contributed by atoms with Crippen molar-refractivity contribution in [2.24, 2.45) is 0 Å². The lowest BCUT2D eigenvalue weighted by Crippen LogP contribution is -2.89. The summed E-state index contributed by atoms with van der Waals surface area (Å²) in [6.07, 6.45) is 4.52. The lowest BCUT2D eigenvalue weighted by atomic mass is 10.3. The number of ether oxygens (including phenoxy) is 1. The number of allylic oxidation sites excluding steroid dienone is 1. The van der Waals surface area contributed by atoms with Crippen molar-refractivity contribution in [3.8, 4) is 0 Å². The first kappa shape index (κ1) is 6.78. The van der Waals surface area contributed by atoms with Crippen molar-refractivity contribution >= 4 is 0 Å². The van der Waals surface area contributed by atoms with Gasteiger partial charge in [0.05, 0.1) is 13.2 Å². The van der Waals surface area contributed by atoms with Gasteiger partial charge in [-0.05, 0) is 6.92 Å². The van der Waals surface area contributed by atoms with Crippen LogP contribution in [0.15, 0.2) is 12.2 Å². The lowest BCUT2D eigenvalue weighted by molar-refractivity contribution is -0.675. The van der Waals surface area contributed by atoms with Crippen molar-refractivity contribution in [1.29, 1.82) is 0 Å². The van der Waals surface area contributed by atoms with Gasteiger partial charge in [-0.25, -0.2) is 0 Å². The smallest absolute Gasteiger partial charge is 0.125 e. The van der Waals surface area contributed by atoms with E-state index < -0.39 is 0 Å². The summed E-state index contributed by atoms with van der Waals surface area (Å²) in [5, 5.41) is 2.29. The average Bonchev–Trinajstić information content (AvgIpc) is 1.91. The highest BCUT2D eigenvalue weighted by Crippen LogP contribution is 1.92. The molecule has 1 aliphatic rings. The number of quaternary nitrogens is 1. The molecule has 0 aliphatic carbocycles. The van der Waals surface area contributed by atoms with E-state index in [-0.39, 0.29) is 0 Å². The Kier molecular flexibility index (Phi) is 2.74. The summed E-state index contributed by atoms with van der Waals surface area (Å²) < 4.78 is 5.40. The van der Waals surface area contributed by atoms with E-state index in [1.165, 1.54) is 0 Å². The van der Waals surface area contributed by atoms with Crippen molar-refractivity contribution in [3.05, 3.63) is 12.2 Å². The van der Waals surface area contributed by atoms with Crippen molar-refractivity contribution in [3.63, 3.8) is 0 Å². The molecule has 9 heavy (non-hydrogen) atoms. The van der Waals surface area contributed by atoms with Gasteiger partial charge in [0.2, 0.25) is 0 Å². The Morgan fingerprint density at radius 3 is 3.11 bits per heavy atom. The molecule has 52 valence electrons. The van der Waals surface area contributed by atoms with Crippen LogP contribution in [-0.4, -0.2) is 25.8 Å². The molecule has 1 atom stereocenters. The van der Waals surface area contributed by atoms with Gasteiger partial charge in [0.1, 0.15) is 12.6 Å². The second-order valence-electron chi connectivity index (χ2n) is 2.25. The molecule has 0 radical (unpaired) electrons. The van der Waals surface area contributed by atoms with Crippen LogP contribution in [0.2, 0.25) is 0 Å². The van der Waals surface area contributed by atoms with Crippen molar-refractivity contribution in [1.82, 2.24) is 0 Å². The summed E-state index contributed by atoms with van der Waals surface area (Å²) in [7, 11) is 0. The molecule has 1 heterocycles. The fourth-order valence-electron chi connectivity index (χ4n) is 1.00. The van der Waals surface area contributed by atoms with Crippen LogP contribution in [-0.2, 0) is 4.74 Å². The molecule has 1 saturated heterocycles. The van der Waals surface area contributed by atoms with Crippen LogP contribution in [0.1, 0.15) is 6.92 Å². The Bertz CT molecular complexity index is 95.1. The van der Waals surface area contributed by atoms with Gasteiger partial charge < -0.3 is 10.1 Å². The van der Waals surface area contributed by atoms with E-state index in [0.29, 0.717) is 6.10 Å². The second kappa shape index (κ2) is 3.64. The number of hydrogen-bond acceptors (Lipinski definition) is 1. The molecular formula is C7H14NO+. The van der Waals surface area contributed by atoms with Gasteiger partial charge in [-0.15, -0.1) is 0 Å². The van der Waals surface area contributed by atoms with E-state index >= 15 is 0 Å². The highest BCUT2D eigenvalue weighted by atomic mass is 16.5. The summed E-state index contributed by atoms with van der Waals surface area (Å²) in [6.45, 7) is 5.13. The zero-order valence-corrected chi connectivity index (χ0v) is 5.84. The molecule has 0 amide bonds. The van der Waals surface area contributed by atoms with E-state index in [0.717, 1.165) is 19.7 Å². The van der Waals surface area contributed by atoms with Gasteiger partial charge in [0.25, 0.3) is 0 Å². The van der Waals surface area contributed by atoms with Gasteiger partial charge in [0, 0.05) is 0 Å². The molecule has 0 spiro atoms. The Labute approximate surface area is 55.9 Å². The number of morpholine rings is 1. The van der Waals surface area contributed by atoms with Gasteiger partial charge in [0.15, 0.2) is 0 Å². The lowest BCUT2D eigenvalue weighted by Gasteiger charge is -2.17. The predicted molar refractivity (Wildman–Crippen MR) is 36.2 cm³/mol. The third-order valence-corrected chi connectivity index (χ3v) is 1.46. The normalized spacial score (nSPS) is 29.2. The molecule has 0 saturated carbocycles. The monoisotopic (exact) mass is 128 g/mol. The first-order valence-corrected chi connectivity index (χ1v) is 3.49. The summed E-state index contributed by atoms with van der Waals surface area (Å²) in [6, 6.07) is 0. The van der Waals surface area contributed by atoms with Crippen molar-refractivity contribution in [2.45, 2.75) is 13.0 Å². The Morgan fingerprint density at radius 2 is 2.56 bits per heavy atom. The number of hydrogen-bond donors (Lipinski definition) is 1. The summed E-state index contributed by atoms with van der Waals surface area (Å²) in [5.41, 5.74) is 0. The van der Waals surface area contributed by atoms with E-state index in [4.69, 9.17) is 4.74 Å². The van der Waals surface area contributed by atoms with Crippen LogP contribution in [0, 0.1) is 0 Å². The third kappa shape index (κ3) is 2.16. The molecule has 1 aliphatic heterocycles. The largest absolute Gasteiger partial charge is 0.362 e. The molecule has 0 bridgehead atoms. The molecular weight excluding hydrogens is 114 g/mol. The molecule has 0 aromatic rings. The number of rotatable bonds is 1. The zero-order valence-electron chi connectivity index (χ0n) is 5.84. The highest BCUT2D eigenvalue weighted by Gasteiger charge is 2.11. The zero-order chi connectivity index (χ0) is 6.53. The molecule has 1 unspecified atom stereocenters. The predicted octanol–water partition coefficient (Wildman–Crippen LogP) is -0.475. The molecule has 2 heteroatoms. The summed E-state index contributed by atoms with van der Waals surface area (Å²) in [4.78, 5) is 0. The third-order valence-electron chi connectivity index (χ3n) is 1.46. The van der Waals surface area contributed by atoms with E-state index in [1.54, 1.807) is 0 Å². The Hall–Kier alpha value is -0.340. The Balaban J connectivity index is 2.23. The maximum Gasteiger partial charge on any atom is 0.125 e. The fourth-order valence-corrected chi connectivity index (χ4v) is 1.00. The molecule has 0 aromatic carbocycles. The summed E-state index contributed by atoms with van der Waals surface area (Å²) >= 11 is 0. The summed E-state index contributed by atoms with van der Waals surface area (Å²) in [5.74, 6) is 0. The van der Waals surface area contributed by atoms with Crippen molar-refractivity contribution < 1.29 is 10.1 Å². The first-order chi connectivity index (χ1) is 4.43. The minimum atomic E-state index is 0.365. The van der Waals surface area contributed by atoms with Crippen molar-refractivity contribution in [2.75, 3.05) is 19.7 Å². The maximum atomic E-state index is 5.40. The van der Waals surface area contributed by atoms with Crippen LogP contribution in [0.5, 0.6) is 0 Å². The maximum absolute atomic E-state index is 5.40. The van der Waals surface area contributed by atoms with Crippen LogP contribution < -0.4 is 5.32 Å². The van der Waals surface area contributed by atoms with Gasteiger partial charge in [-0.2, -0.15) is 0 Å². The van der Waals surface area contributed by atoms with E-state index in [1.807, 2.05) is 13.0 Å². The average molecular weight is 128 g/mol. The fraction of sp³-hybridized carbons (Fsp3) is 0.714. The van der Waals surface area contributed by atoms with Gasteiger partial charge >= 0.3 is 0 Å². The van der Waals surface area contributed by atoms with Crippen LogP contribution in [0.25, 0.3) is 0 Å². The van der Waals surface area contributed by atoms with Crippen LogP contribution in [0.4, 0.5) is 0 Å². The van der Waals surface area contributed by atoms with Gasteiger partial charge in [-0.1, -0.05) is 12.2 Å². The SMILES string of the molecule is C/C=C/C1C[NH2+]CCO1. The van der Waals surface area contributed by atoms with Gasteiger partial charge in [-0.3, -0.25) is 0 Å². The molecule has 2 N–H and O–H groups in total. The standard InChI is InChI=1S/C7H13NO/c1-2-3-7-6-8-4-5-9-7/h2-3,7-8H,4-6H2,1H3/p+1/b3-2+. The highest BCUT2D eigenvalue weighted by molar-refractivity contribution is 4.86. The minimum absolute atomic E-state index is 0.365. The number of nitrogens with two attached hydrogens (primary N) is 1. The molecule has 0 aromatic heterocycles. The van der Waals surface area contributed by atoms with E-state index in [9.17, 15) is 0 Å². The van der Waals surface area contributed by atoms with Crippen LogP contribution >= 0.6 is 0 Å². The topological polar surface area (TPSA) is 25.8 Å². The Morgan fingerprint density at radius 1 is 1.67 bits per heavy atom. The van der Waals surface area contributed by atoms with E-state index in [2.05, 4.69) is 11.4 Å².